The van der Waals surface area contributed by atoms with Crippen LogP contribution in [0.2, 0.25) is 0 Å². The second-order valence-corrected chi connectivity index (χ2v) is 7.32. The van der Waals surface area contributed by atoms with E-state index in [0.29, 0.717) is 17.3 Å². The van der Waals surface area contributed by atoms with Gasteiger partial charge in [-0.2, -0.15) is 4.98 Å². The van der Waals surface area contributed by atoms with Gasteiger partial charge in [0.1, 0.15) is 0 Å². The van der Waals surface area contributed by atoms with Crippen molar-refractivity contribution in [3.05, 3.63) is 54.1 Å². The number of hydrogen-bond acceptors (Lipinski definition) is 5. The zero-order chi connectivity index (χ0) is 20.1. The van der Waals surface area contributed by atoms with Gasteiger partial charge in [0.2, 0.25) is 5.95 Å². The van der Waals surface area contributed by atoms with E-state index in [4.69, 9.17) is 9.47 Å². The average molecular weight is 380 g/mol. The molecule has 0 spiro atoms. The molecule has 0 aliphatic rings. The summed E-state index contributed by atoms with van der Waals surface area (Å²) in [6.45, 7) is 6.32. The van der Waals surface area contributed by atoms with Gasteiger partial charge in [-0.15, -0.1) is 5.10 Å². The fourth-order valence-corrected chi connectivity index (χ4v) is 2.62. The Morgan fingerprint density at radius 1 is 1.07 bits per heavy atom. The smallest absolute Gasteiger partial charge is 0.264 e. The van der Waals surface area contributed by atoms with E-state index in [1.54, 1.807) is 19.2 Å². The van der Waals surface area contributed by atoms with Gasteiger partial charge in [0, 0.05) is 5.56 Å². The number of anilines is 1. The standard InChI is InChI=1S/C21H24N4O3/c1-21(2,3)15-11-9-14(10-12-15)19-23-20(25-24-19)22-18(26)13-28-17-8-6-5-7-16(17)27-4/h5-12H,13H2,1-4H3,(H2,22,23,24,25,26). The van der Waals surface area contributed by atoms with E-state index in [9.17, 15) is 4.79 Å². The molecule has 0 aliphatic heterocycles. The van der Waals surface area contributed by atoms with Gasteiger partial charge in [-0.3, -0.25) is 15.2 Å². The largest absolute Gasteiger partial charge is 0.493 e. The normalized spacial score (nSPS) is 11.1. The summed E-state index contributed by atoms with van der Waals surface area (Å²) in [5.74, 6) is 1.48. The molecule has 2 N–H and O–H groups in total. The number of rotatable bonds is 6. The molecule has 0 bridgehead atoms. The molecule has 0 radical (unpaired) electrons. The summed E-state index contributed by atoms with van der Waals surface area (Å²) in [6, 6.07) is 15.2. The Kier molecular flexibility index (Phi) is 5.63. The number of H-pyrrole nitrogens is 1. The number of hydrogen-bond donors (Lipinski definition) is 2. The van der Waals surface area contributed by atoms with Gasteiger partial charge in [0.25, 0.3) is 5.91 Å². The highest BCUT2D eigenvalue weighted by Crippen LogP contribution is 2.26. The topological polar surface area (TPSA) is 89.1 Å². The van der Waals surface area contributed by atoms with E-state index in [1.807, 2.05) is 24.3 Å². The number of benzene rings is 2. The van der Waals surface area contributed by atoms with Gasteiger partial charge in [-0.1, -0.05) is 57.2 Å². The minimum atomic E-state index is -0.362. The maximum Gasteiger partial charge on any atom is 0.264 e. The molecule has 0 atom stereocenters. The van der Waals surface area contributed by atoms with E-state index < -0.39 is 0 Å². The SMILES string of the molecule is COc1ccccc1OCC(=O)Nc1n[nH]c(-c2ccc(C(C)(C)C)cc2)n1. The van der Waals surface area contributed by atoms with Crippen LogP contribution in [-0.2, 0) is 10.2 Å². The van der Waals surface area contributed by atoms with Gasteiger partial charge in [-0.05, 0) is 23.1 Å². The third kappa shape index (κ3) is 4.68. The number of carbonyl (C=O) groups excluding carboxylic acids is 1. The zero-order valence-electron chi connectivity index (χ0n) is 16.4. The number of aromatic nitrogens is 3. The lowest BCUT2D eigenvalue weighted by Gasteiger charge is -2.18. The fraction of sp³-hybridized carbons (Fsp3) is 0.286. The molecule has 0 saturated heterocycles. The summed E-state index contributed by atoms with van der Waals surface area (Å²) >= 11 is 0. The van der Waals surface area contributed by atoms with Crippen molar-refractivity contribution >= 4 is 11.9 Å². The predicted molar refractivity (Wildman–Crippen MR) is 108 cm³/mol. The molecular formula is C21H24N4O3. The third-order valence-electron chi connectivity index (χ3n) is 4.19. The lowest BCUT2D eigenvalue weighted by Crippen LogP contribution is -2.21. The average Bonchev–Trinajstić information content (AvgIpc) is 3.14. The minimum absolute atomic E-state index is 0.0838. The maximum atomic E-state index is 12.1. The number of amides is 1. The number of nitrogens with one attached hydrogen (secondary N) is 2. The van der Waals surface area contributed by atoms with Crippen LogP contribution in [0.4, 0.5) is 5.95 Å². The van der Waals surface area contributed by atoms with Crippen LogP contribution >= 0.6 is 0 Å². The van der Waals surface area contributed by atoms with E-state index in [-0.39, 0.29) is 23.9 Å². The van der Waals surface area contributed by atoms with Crippen LogP contribution in [0, 0.1) is 0 Å². The van der Waals surface area contributed by atoms with Gasteiger partial charge in [0.15, 0.2) is 23.9 Å². The lowest BCUT2D eigenvalue weighted by atomic mass is 9.87. The summed E-state index contributed by atoms with van der Waals surface area (Å²) in [7, 11) is 1.55. The van der Waals surface area contributed by atoms with Gasteiger partial charge < -0.3 is 9.47 Å². The fourth-order valence-electron chi connectivity index (χ4n) is 2.62. The zero-order valence-corrected chi connectivity index (χ0v) is 16.4. The first-order valence-electron chi connectivity index (χ1n) is 8.96. The van der Waals surface area contributed by atoms with E-state index >= 15 is 0 Å². The molecule has 7 nitrogen and oxygen atoms in total. The van der Waals surface area contributed by atoms with Crippen LogP contribution in [-0.4, -0.2) is 34.8 Å². The number of para-hydroxylation sites is 2. The van der Waals surface area contributed by atoms with Crippen LogP contribution in [0.5, 0.6) is 11.5 Å². The van der Waals surface area contributed by atoms with Crippen LogP contribution in [0.3, 0.4) is 0 Å². The molecule has 0 saturated carbocycles. The monoisotopic (exact) mass is 380 g/mol. The highest BCUT2D eigenvalue weighted by molar-refractivity contribution is 5.90. The van der Waals surface area contributed by atoms with Crippen molar-refractivity contribution in [2.75, 3.05) is 19.0 Å². The number of aromatic amines is 1. The third-order valence-corrected chi connectivity index (χ3v) is 4.19. The number of methoxy groups -OCH3 is 1. The van der Waals surface area contributed by atoms with Crippen molar-refractivity contribution < 1.29 is 14.3 Å². The first kappa shape index (κ1) is 19.4. The molecule has 1 aromatic heterocycles. The van der Waals surface area contributed by atoms with Crippen LogP contribution in [0.15, 0.2) is 48.5 Å². The number of ether oxygens (including phenoxy) is 2. The first-order valence-corrected chi connectivity index (χ1v) is 8.96. The first-order chi connectivity index (χ1) is 13.4. The van der Waals surface area contributed by atoms with E-state index in [0.717, 1.165) is 5.56 Å². The van der Waals surface area contributed by atoms with Crippen molar-refractivity contribution in [2.24, 2.45) is 0 Å². The quantitative estimate of drug-likeness (QED) is 0.679. The molecular weight excluding hydrogens is 356 g/mol. The molecule has 2 aromatic carbocycles. The molecule has 146 valence electrons. The van der Waals surface area contributed by atoms with Crippen LogP contribution in [0.1, 0.15) is 26.3 Å². The number of carbonyl (C=O) groups is 1. The summed E-state index contributed by atoms with van der Waals surface area (Å²) in [4.78, 5) is 16.4. The molecule has 3 aromatic rings. The molecule has 1 amide bonds. The van der Waals surface area contributed by atoms with Crippen LogP contribution < -0.4 is 14.8 Å². The Bertz CT molecular complexity index is 943. The van der Waals surface area contributed by atoms with Gasteiger partial charge in [-0.25, -0.2) is 0 Å². The van der Waals surface area contributed by atoms with Crippen molar-refractivity contribution in [2.45, 2.75) is 26.2 Å². The Balaban J connectivity index is 1.60. The number of nitrogens with zero attached hydrogens (tertiary/aromatic N) is 2. The Morgan fingerprint density at radius 2 is 1.75 bits per heavy atom. The van der Waals surface area contributed by atoms with Crippen molar-refractivity contribution in [1.82, 2.24) is 15.2 Å². The lowest BCUT2D eigenvalue weighted by molar-refractivity contribution is -0.118. The van der Waals surface area contributed by atoms with E-state index in [1.165, 1.54) is 5.56 Å². The Morgan fingerprint density at radius 3 is 2.39 bits per heavy atom. The molecule has 1 heterocycles. The predicted octanol–water partition coefficient (Wildman–Crippen LogP) is 3.80. The summed E-state index contributed by atoms with van der Waals surface area (Å²) in [5.41, 5.74) is 2.21. The molecule has 0 fully saturated rings. The van der Waals surface area contributed by atoms with Gasteiger partial charge in [0.05, 0.1) is 7.11 Å². The molecule has 0 unspecified atom stereocenters. The molecule has 7 heteroatoms. The van der Waals surface area contributed by atoms with Crippen molar-refractivity contribution in [1.29, 1.82) is 0 Å². The van der Waals surface area contributed by atoms with Crippen LogP contribution in [0.25, 0.3) is 11.4 Å². The molecule has 28 heavy (non-hydrogen) atoms. The molecule has 0 aliphatic carbocycles. The summed E-state index contributed by atoms with van der Waals surface area (Å²) in [5, 5.41) is 9.50. The molecule has 3 rings (SSSR count). The maximum absolute atomic E-state index is 12.1. The van der Waals surface area contributed by atoms with Crippen molar-refractivity contribution in [3.8, 4) is 22.9 Å². The van der Waals surface area contributed by atoms with Crippen molar-refractivity contribution in [3.63, 3.8) is 0 Å². The minimum Gasteiger partial charge on any atom is -0.493 e. The Hall–Kier alpha value is -3.35. The Labute approximate surface area is 164 Å². The van der Waals surface area contributed by atoms with Gasteiger partial charge >= 0.3 is 0 Å². The summed E-state index contributed by atoms with van der Waals surface area (Å²) < 4.78 is 10.7. The second kappa shape index (κ2) is 8.12. The highest BCUT2D eigenvalue weighted by atomic mass is 16.5. The highest BCUT2D eigenvalue weighted by Gasteiger charge is 2.15. The second-order valence-electron chi connectivity index (χ2n) is 7.32. The van der Waals surface area contributed by atoms with E-state index in [2.05, 4.69) is 53.4 Å². The summed E-state index contributed by atoms with van der Waals surface area (Å²) in [6.07, 6.45) is 0.